The van der Waals surface area contributed by atoms with Crippen molar-refractivity contribution in [3.05, 3.63) is 40.9 Å². The summed E-state index contributed by atoms with van der Waals surface area (Å²) in [6.07, 6.45) is 1.76. The second-order valence-electron chi connectivity index (χ2n) is 7.20. The number of rotatable bonds is 6. The number of nitrogens with one attached hydrogen (secondary N) is 1. The Labute approximate surface area is 153 Å². The van der Waals surface area contributed by atoms with Gasteiger partial charge in [-0.25, -0.2) is 4.98 Å². The normalized spacial score (nSPS) is 15.9. The summed E-state index contributed by atoms with van der Waals surface area (Å²) in [5.74, 6) is -0.0635. The molecule has 1 aliphatic rings. The molecule has 2 heterocycles. The lowest BCUT2D eigenvalue weighted by Crippen LogP contribution is -2.55. The monoisotopic (exact) mass is 358 g/mol. The van der Waals surface area contributed by atoms with Gasteiger partial charge in [0.2, 0.25) is 5.91 Å². The van der Waals surface area contributed by atoms with Gasteiger partial charge in [-0.15, -0.1) is 0 Å². The number of hydrogen-bond donors (Lipinski definition) is 1. The standard InChI is InChI=1S/C19H26N4O3/c1-19(2,23-9-11-26-12-10-23)13-20-17(24)7-8-22-14-21-16-6-4-3-5-15(16)18(22)25/h3-6,14H,7-13H2,1-2H3,(H,20,24). The van der Waals surface area contributed by atoms with Crippen molar-refractivity contribution in [2.45, 2.75) is 32.4 Å². The van der Waals surface area contributed by atoms with Gasteiger partial charge in [0.25, 0.3) is 5.56 Å². The molecule has 0 atom stereocenters. The zero-order valence-electron chi connectivity index (χ0n) is 15.4. The smallest absolute Gasteiger partial charge is 0.261 e. The molecule has 3 rings (SSSR count). The van der Waals surface area contributed by atoms with Crippen LogP contribution in [0.4, 0.5) is 0 Å². The van der Waals surface area contributed by atoms with Gasteiger partial charge in [-0.05, 0) is 26.0 Å². The van der Waals surface area contributed by atoms with Crippen molar-refractivity contribution in [2.75, 3.05) is 32.8 Å². The summed E-state index contributed by atoms with van der Waals surface area (Å²) in [7, 11) is 0. The number of morpholine rings is 1. The van der Waals surface area contributed by atoms with Gasteiger partial charge < -0.3 is 10.1 Å². The fourth-order valence-electron chi connectivity index (χ4n) is 3.17. The summed E-state index contributed by atoms with van der Waals surface area (Å²) in [5.41, 5.74) is 0.434. The lowest BCUT2D eigenvalue weighted by atomic mass is 10.0. The molecular formula is C19H26N4O3. The first-order valence-corrected chi connectivity index (χ1v) is 9.01. The summed E-state index contributed by atoms with van der Waals surface area (Å²) in [5, 5.41) is 3.56. The molecule has 1 aliphatic heterocycles. The number of fused-ring (bicyclic) bond motifs is 1. The van der Waals surface area contributed by atoms with Crippen LogP contribution >= 0.6 is 0 Å². The molecule has 0 aliphatic carbocycles. The number of para-hydroxylation sites is 1. The Kier molecular flexibility index (Phi) is 5.68. The Morgan fingerprint density at radius 3 is 2.77 bits per heavy atom. The van der Waals surface area contributed by atoms with E-state index >= 15 is 0 Å². The lowest BCUT2D eigenvalue weighted by Gasteiger charge is -2.40. The van der Waals surface area contributed by atoms with Gasteiger partial charge >= 0.3 is 0 Å². The van der Waals surface area contributed by atoms with Gasteiger partial charge in [0, 0.05) is 38.1 Å². The average molecular weight is 358 g/mol. The maximum Gasteiger partial charge on any atom is 0.261 e. The molecule has 2 aromatic rings. The fraction of sp³-hybridized carbons (Fsp3) is 0.526. The molecule has 1 aromatic carbocycles. The molecule has 1 N–H and O–H groups in total. The number of benzene rings is 1. The van der Waals surface area contributed by atoms with E-state index in [1.807, 2.05) is 18.2 Å². The second-order valence-corrected chi connectivity index (χ2v) is 7.20. The quantitative estimate of drug-likeness (QED) is 0.834. The van der Waals surface area contributed by atoms with Gasteiger partial charge in [0.15, 0.2) is 0 Å². The van der Waals surface area contributed by atoms with E-state index in [1.165, 1.54) is 10.9 Å². The number of amides is 1. The number of nitrogens with zero attached hydrogens (tertiary/aromatic N) is 3. The minimum atomic E-state index is -0.124. The Bertz CT molecular complexity index is 825. The van der Waals surface area contributed by atoms with E-state index in [-0.39, 0.29) is 23.4 Å². The molecule has 1 aromatic heterocycles. The van der Waals surface area contributed by atoms with Crippen LogP contribution < -0.4 is 10.9 Å². The van der Waals surface area contributed by atoms with E-state index in [9.17, 15) is 9.59 Å². The third-order valence-corrected chi connectivity index (χ3v) is 4.90. The van der Waals surface area contributed by atoms with Crippen molar-refractivity contribution in [1.82, 2.24) is 19.8 Å². The molecule has 0 spiro atoms. The van der Waals surface area contributed by atoms with Gasteiger partial charge in [-0.1, -0.05) is 12.1 Å². The van der Waals surface area contributed by atoms with E-state index in [1.54, 1.807) is 6.07 Å². The summed E-state index contributed by atoms with van der Waals surface area (Å²) < 4.78 is 6.88. The second kappa shape index (κ2) is 7.97. The zero-order chi connectivity index (χ0) is 18.6. The van der Waals surface area contributed by atoms with Crippen molar-refractivity contribution in [3.8, 4) is 0 Å². The summed E-state index contributed by atoms with van der Waals surface area (Å²) >= 11 is 0. The number of carbonyl (C=O) groups excluding carboxylic acids is 1. The Balaban J connectivity index is 1.54. The molecule has 7 heteroatoms. The van der Waals surface area contributed by atoms with E-state index in [4.69, 9.17) is 4.74 Å². The van der Waals surface area contributed by atoms with Gasteiger partial charge in [-0.2, -0.15) is 0 Å². The molecule has 1 amide bonds. The van der Waals surface area contributed by atoms with E-state index < -0.39 is 0 Å². The first kappa shape index (κ1) is 18.5. The highest BCUT2D eigenvalue weighted by atomic mass is 16.5. The summed E-state index contributed by atoms with van der Waals surface area (Å²) in [4.78, 5) is 31.3. The molecule has 1 fully saturated rings. The predicted molar refractivity (Wildman–Crippen MR) is 100 cm³/mol. The van der Waals surface area contributed by atoms with Crippen molar-refractivity contribution in [3.63, 3.8) is 0 Å². The van der Waals surface area contributed by atoms with E-state index in [0.717, 1.165) is 26.3 Å². The minimum absolute atomic E-state index is 0.0635. The number of aryl methyl sites for hydroxylation is 1. The highest BCUT2D eigenvalue weighted by molar-refractivity contribution is 5.77. The van der Waals surface area contributed by atoms with Crippen LogP contribution in [0.5, 0.6) is 0 Å². The Morgan fingerprint density at radius 2 is 2.00 bits per heavy atom. The molecule has 0 unspecified atom stereocenters. The van der Waals surface area contributed by atoms with Crippen LogP contribution in [0.25, 0.3) is 10.9 Å². The number of hydrogen-bond acceptors (Lipinski definition) is 5. The topological polar surface area (TPSA) is 76.5 Å². The molecule has 0 bridgehead atoms. The van der Waals surface area contributed by atoms with E-state index in [2.05, 4.69) is 29.0 Å². The predicted octanol–water partition coefficient (Wildman–Crippen LogP) is 1.01. The molecule has 0 radical (unpaired) electrons. The number of aromatic nitrogens is 2. The first-order chi connectivity index (χ1) is 12.5. The highest BCUT2D eigenvalue weighted by Crippen LogP contribution is 2.15. The van der Waals surface area contributed by atoms with Crippen molar-refractivity contribution < 1.29 is 9.53 Å². The first-order valence-electron chi connectivity index (χ1n) is 9.01. The van der Waals surface area contributed by atoms with Gasteiger partial charge in [0.1, 0.15) is 0 Å². The van der Waals surface area contributed by atoms with Crippen LogP contribution in [-0.2, 0) is 16.1 Å². The largest absolute Gasteiger partial charge is 0.379 e. The van der Waals surface area contributed by atoms with Gasteiger partial charge in [0.05, 0.1) is 30.4 Å². The van der Waals surface area contributed by atoms with Crippen molar-refractivity contribution in [1.29, 1.82) is 0 Å². The maximum atomic E-state index is 12.4. The third kappa shape index (κ3) is 4.28. The summed E-state index contributed by atoms with van der Waals surface area (Å²) in [6, 6.07) is 7.23. The maximum absolute atomic E-state index is 12.4. The average Bonchev–Trinajstić information content (AvgIpc) is 2.67. The Hall–Kier alpha value is -2.25. The fourth-order valence-corrected chi connectivity index (χ4v) is 3.17. The number of ether oxygens (including phenoxy) is 1. The van der Waals surface area contributed by atoms with Crippen LogP contribution in [0, 0.1) is 0 Å². The summed E-state index contributed by atoms with van der Waals surface area (Å²) in [6.45, 7) is 8.34. The van der Waals surface area contributed by atoms with Crippen LogP contribution in [0.3, 0.4) is 0 Å². The van der Waals surface area contributed by atoms with E-state index in [0.29, 0.717) is 24.0 Å². The third-order valence-electron chi connectivity index (χ3n) is 4.90. The molecular weight excluding hydrogens is 332 g/mol. The molecule has 0 saturated carbocycles. The van der Waals surface area contributed by atoms with Crippen LogP contribution in [0.2, 0.25) is 0 Å². The van der Waals surface area contributed by atoms with Crippen LogP contribution in [0.15, 0.2) is 35.4 Å². The Morgan fingerprint density at radius 1 is 1.27 bits per heavy atom. The SMILES string of the molecule is CC(C)(CNC(=O)CCn1cnc2ccccc2c1=O)N1CCOCC1. The van der Waals surface area contributed by atoms with Crippen molar-refractivity contribution >= 4 is 16.8 Å². The van der Waals surface area contributed by atoms with Crippen LogP contribution in [0.1, 0.15) is 20.3 Å². The van der Waals surface area contributed by atoms with Crippen molar-refractivity contribution in [2.24, 2.45) is 0 Å². The minimum Gasteiger partial charge on any atom is -0.379 e. The zero-order valence-corrected chi connectivity index (χ0v) is 15.4. The molecule has 26 heavy (non-hydrogen) atoms. The number of carbonyl (C=O) groups is 1. The van der Waals surface area contributed by atoms with Crippen LogP contribution in [-0.4, -0.2) is 58.7 Å². The lowest BCUT2D eigenvalue weighted by molar-refractivity contribution is -0.122. The highest BCUT2D eigenvalue weighted by Gasteiger charge is 2.28. The molecule has 1 saturated heterocycles. The molecule has 140 valence electrons. The molecule has 7 nitrogen and oxygen atoms in total. The van der Waals surface area contributed by atoms with Gasteiger partial charge in [-0.3, -0.25) is 19.1 Å².